The van der Waals surface area contributed by atoms with E-state index < -0.39 is 0 Å². The average Bonchev–Trinajstić information content (AvgIpc) is 2.99. The van der Waals surface area contributed by atoms with E-state index in [1.165, 1.54) is 0 Å². The first kappa shape index (κ1) is 14.8. The fourth-order valence-corrected chi connectivity index (χ4v) is 3.07. The van der Waals surface area contributed by atoms with Gasteiger partial charge in [-0.1, -0.05) is 48.0 Å². The zero-order chi connectivity index (χ0) is 16.5. The summed E-state index contributed by atoms with van der Waals surface area (Å²) in [6, 6.07) is 17.9. The molecule has 0 radical (unpaired) electrons. The molecule has 0 saturated heterocycles. The standard InChI is InChI=1S/C19H15ClN4/c1-13-22-19(14-6-3-2-4-7-14)24(23-13)12-15-9-10-17(20)16-8-5-11-21-18(15)16/h2-11H,12H2,1H3. The van der Waals surface area contributed by atoms with Gasteiger partial charge in [-0.15, -0.1) is 0 Å². The van der Waals surface area contributed by atoms with Gasteiger partial charge in [-0.3, -0.25) is 4.98 Å². The molecule has 0 fully saturated rings. The number of hydrogen-bond acceptors (Lipinski definition) is 3. The van der Waals surface area contributed by atoms with Crippen LogP contribution in [0.5, 0.6) is 0 Å². The first-order chi connectivity index (χ1) is 11.7. The number of pyridine rings is 1. The van der Waals surface area contributed by atoms with E-state index in [0.717, 1.165) is 33.7 Å². The van der Waals surface area contributed by atoms with Crippen molar-refractivity contribution in [2.75, 3.05) is 0 Å². The summed E-state index contributed by atoms with van der Waals surface area (Å²) in [4.78, 5) is 9.08. The predicted molar refractivity (Wildman–Crippen MR) is 96.1 cm³/mol. The molecule has 0 bridgehead atoms. The van der Waals surface area contributed by atoms with E-state index in [0.29, 0.717) is 11.6 Å². The summed E-state index contributed by atoms with van der Waals surface area (Å²) in [5.74, 6) is 1.60. The van der Waals surface area contributed by atoms with E-state index in [2.05, 4.69) is 15.1 Å². The fraction of sp³-hybridized carbons (Fsp3) is 0.105. The lowest BCUT2D eigenvalue weighted by molar-refractivity contribution is 0.688. The number of rotatable bonds is 3. The van der Waals surface area contributed by atoms with Gasteiger partial charge in [-0.2, -0.15) is 5.10 Å². The van der Waals surface area contributed by atoms with E-state index in [1.54, 1.807) is 6.20 Å². The SMILES string of the molecule is Cc1nc(-c2ccccc2)n(Cc2ccc(Cl)c3cccnc23)n1. The van der Waals surface area contributed by atoms with Crippen LogP contribution in [-0.4, -0.2) is 19.7 Å². The quantitative estimate of drug-likeness (QED) is 0.554. The average molecular weight is 335 g/mol. The van der Waals surface area contributed by atoms with Crippen LogP contribution < -0.4 is 0 Å². The third-order valence-electron chi connectivity index (χ3n) is 3.93. The summed E-state index contributed by atoms with van der Waals surface area (Å²) in [5.41, 5.74) is 3.01. The topological polar surface area (TPSA) is 43.6 Å². The molecular formula is C19H15ClN4. The number of benzene rings is 2. The first-order valence-corrected chi connectivity index (χ1v) is 8.09. The monoisotopic (exact) mass is 334 g/mol. The van der Waals surface area contributed by atoms with Gasteiger partial charge in [0.25, 0.3) is 0 Å². The van der Waals surface area contributed by atoms with Crippen molar-refractivity contribution in [1.29, 1.82) is 0 Å². The Balaban J connectivity index is 1.82. The van der Waals surface area contributed by atoms with Crippen LogP contribution in [-0.2, 0) is 6.54 Å². The van der Waals surface area contributed by atoms with Crippen molar-refractivity contribution in [2.45, 2.75) is 13.5 Å². The lowest BCUT2D eigenvalue weighted by Gasteiger charge is -2.09. The molecule has 4 nitrogen and oxygen atoms in total. The second-order valence-corrected chi connectivity index (χ2v) is 6.02. The molecular weight excluding hydrogens is 320 g/mol. The van der Waals surface area contributed by atoms with Crippen LogP contribution in [0, 0.1) is 6.92 Å². The maximum atomic E-state index is 6.29. The van der Waals surface area contributed by atoms with Crippen LogP contribution in [0.2, 0.25) is 5.02 Å². The summed E-state index contributed by atoms with van der Waals surface area (Å²) < 4.78 is 1.92. The van der Waals surface area contributed by atoms with Crippen LogP contribution >= 0.6 is 11.6 Å². The van der Waals surface area contributed by atoms with Gasteiger partial charge in [0.1, 0.15) is 5.82 Å². The highest BCUT2D eigenvalue weighted by Crippen LogP contribution is 2.26. The molecule has 4 aromatic rings. The molecule has 0 spiro atoms. The molecule has 0 saturated carbocycles. The van der Waals surface area contributed by atoms with E-state index in [1.807, 2.05) is 66.2 Å². The summed E-state index contributed by atoms with van der Waals surface area (Å²) in [6.07, 6.45) is 1.78. The minimum atomic E-state index is 0.593. The van der Waals surface area contributed by atoms with Crippen molar-refractivity contribution in [2.24, 2.45) is 0 Å². The Bertz CT molecular complexity index is 1010. The lowest BCUT2D eigenvalue weighted by atomic mass is 10.1. The van der Waals surface area contributed by atoms with Gasteiger partial charge >= 0.3 is 0 Å². The van der Waals surface area contributed by atoms with Gasteiger partial charge in [0.05, 0.1) is 12.1 Å². The molecule has 118 valence electrons. The minimum absolute atomic E-state index is 0.593. The largest absolute Gasteiger partial charge is 0.256 e. The second-order valence-electron chi connectivity index (χ2n) is 5.61. The van der Waals surface area contributed by atoms with Crippen molar-refractivity contribution in [1.82, 2.24) is 19.7 Å². The van der Waals surface area contributed by atoms with E-state index in [4.69, 9.17) is 11.6 Å². The van der Waals surface area contributed by atoms with E-state index in [9.17, 15) is 0 Å². The molecule has 0 unspecified atom stereocenters. The zero-order valence-corrected chi connectivity index (χ0v) is 13.9. The third kappa shape index (κ3) is 2.65. The molecule has 0 atom stereocenters. The molecule has 0 aliphatic heterocycles. The maximum absolute atomic E-state index is 6.29. The Hall–Kier alpha value is -2.72. The Kier molecular flexibility index (Phi) is 3.75. The van der Waals surface area contributed by atoms with Crippen molar-refractivity contribution < 1.29 is 0 Å². The fourth-order valence-electron chi connectivity index (χ4n) is 2.85. The molecule has 2 aromatic carbocycles. The van der Waals surface area contributed by atoms with Crippen molar-refractivity contribution in [3.8, 4) is 11.4 Å². The van der Waals surface area contributed by atoms with Gasteiger partial charge in [0, 0.05) is 27.7 Å². The second kappa shape index (κ2) is 6.06. The van der Waals surface area contributed by atoms with Gasteiger partial charge < -0.3 is 0 Å². The molecule has 0 N–H and O–H groups in total. The molecule has 0 amide bonds. The molecule has 0 aliphatic carbocycles. The maximum Gasteiger partial charge on any atom is 0.158 e. The van der Waals surface area contributed by atoms with Crippen LogP contribution in [0.1, 0.15) is 11.4 Å². The smallest absolute Gasteiger partial charge is 0.158 e. The Morgan fingerprint density at radius 1 is 1.00 bits per heavy atom. The van der Waals surface area contributed by atoms with Crippen LogP contribution in [0.15, 0.2) is 60.8 Å². The number of aryl methyl sites for hydroxylation is 1. The summed E-state index contributed by atoms with van der Waals surface area (Å²) in [6.45, 7) is 2.50. The number of hydrogen-bond donors (Lipinski definition) is 0. The molecule has 5 heteroatoms. The molecule has 0 aliphatic rings. The predicted octanol–water partition coefficient (Wildman–Crippen LogP) is 4.50. The number of aromatic nitrogens is 4. The Morgan fingerprint density at radius 2 is 1.83 bits per heavy atom. The van der Waals surface area contributed by atoms with Gasteiger partial charge in [-0.05, 0) is 25.1 Å². The van der Waals surface area contributed by atoms with E-state index >= 15 is 0 Å². The van der Waals surface area contributed by atoms with Crippen LogP contribution in [0.3, 0.4) is 0 Å². The molecule has 24 heavy (non-hydrogen) atoms. The highest BCUT2D eigenvalue weighted by molar-refractivity contribution is 6.35. The van der Waals surface area contributed by atoms with Gasteiger partial charge in [0.2, 0.25) is 0 Å². The third-order valence-corrected chi connectivity index (χ3v) is 4.26. The number of nitrogens with zero attached hydrogens (tertiary/aromatic N) is 4. The lowest BCUT2D eigenvalue weighted by Crippen LogP contribution is -2.05. The normalized spacial score (nSPS) is 11.1. The number of fused-ring (bicyclic) bond motifs is 1. The Morgan fingerprint density at radius 3 is 2.67 bits per heavy atom. The van der Waals surface area contributed by atoms with Gasteiger partial charge in [0.15, 0.2) is 5.82 Å². The molecule has 4 rings (SSSR count). The van der Waals surface area contributed by atoms with Crippen molar-refractivity contribution >= 4 is 22.5 Å². The van der Waals surface area contributed by atoms with E-state index in [-0.39, 0.29) is 0 Å². The highest BCUT2D eigenvalue weighted by Gasteiger charge is 2.12. The van der Waals surface area contributed by atoms with Crippen LogP contribution in [0.4, 0.5) is 0 Å². The van der Waals surface area contributed by atoms with Crippen LogP contribution in [0.25, 0.3) is 22.3 Å². The van der Waals surface area contributed by atoms with Gasteiger partial charge in [-0.25, -0.2) is 9.67 Å². The zero-order valence-electron chi connectivity index (χ0n) is 13.1. The Labute approximate surface area is 144 Å². The molecule has 2 aromatic heterocycles. The summed E-state index contributed by atoms with van der Waals surface area (Å²) in [5, 5.41) is 6.22. The summed E-state index contributed by atoms with van der Waals surface area (Å²) in [7, 11) is 0. The minimum Gasteiger partial charge on any atom is -0.256 e. The van der Waals surface area contributed by atoms with Crippen molar-refractivity contribution in [3.05, 3.63) is 77.2 Å². The number of halogens is 1. The van der Waals surface area contributed by atoms with Crippen molar-refractivity contribution in [3.63, 3.8) is 0 Å². The first-order valence-electron chi connectivity index (χ1n) is 7.71. The highest BCUT2D eigenvalue weighted by atomic mass is 35.5. The molecule has 2 heterocycles. The summed E-state index contributed by atoms with van der Waals surface area (Å²) >= 11 is 6.29.